The van der Waals surface area contributed by atoms with Crippen molar-refractivity contribution in [2.75, 3.05) is 28.2 Å². The maximum atomic E-state index is 3.90. The summed E-state index contributed by atoms with van der Waals surface area (Å²) in [5.41, 5.74) is 0. The first kappa shape index (κ1) is 14.3. The summed E-state index contributed by atoms with van der Waals surface area (Å²) < 4.78 is 0. The molecule has 2 heterocycles. The molecule has 0 aliphatic carbocycles. The predicted molar refractivity (Wildman–Crippen MR) is 56.6 cm³/mol. The summed E-state index contributed by atoms with van der Waals surface area (Å²) in [6, 6.07) is 0. The van der Waals surface area contributed by atoms with Crippen LogP contribution in [-0.4, -0.2) is 60.7 Å². The zero-order valence-electron chi connectivity index (χ0n) is 9.29. The van der Waals surface area contributed by atoms with Crippen LogP contribution < -0.4 is 0 Å². The molecule has 91 valence electrons. The van der Waals surface area contributed by atoms with Crippen molar-refractivity contribution in [3.8, 4) is 0 Å². The van der Waals surface area contributed by atoms with Gasteiger partial charge in [0.1, 0.15) is 0 Å². The molecule has 2 aliphatic rings. The fourth-order valence-corrected chi connectivity index (χ4v) is 0.972. The van der Waals surface area contributed by atoms with Crippen LogP contribution in [0.15, 0.2) is 10.2 Å². The summed E-state index contributed by atoms with van der Waals surface area (Å²) in [6.45, 7) is 3.78. The van der Waals surface area contributed by atoms with Gasteiger partial charge in [-0.05, 0) is 28.2 Å². The quantitative estimate of drug-likeness (QED) is 0.424. The molecule has 0 saturated heterocycles. The van der Waals surface area contributed by atoms with E-state index >= 15 is 0 Å². The average molecular weight is 393 g/mol. The number of hydrazone groups is 2. The Balaban J connectivity index is 0.000000245. The van der Waals surface area contributed by atoms with E-state index in [4.69, 9.17) is 0 Å². The smallest absolute Gasteiger partial charge is 0.0800 e. The van der Waals surface area contributed by atoms with Gasteiger partial charge in [0, 0.05) is 22.4 Å². The van der Waals surface area contributed by atoms with Crippen molar-refractivity contribution < 1.29 is 22.4 Å². The van der Waals surface area contributed by atoms with Gasteiger partial charge < -0.3 is 19.8 Å². The Labute approximate surface area is 107 Å². The van der Waals surface area contributed by atoms with Crippen LogP contribution in [0.5, 0.6) is 0 Å². The zero-order chi connectivity index (χ0) is 10.6. The van der Waals surface area contributed by atoms with Crippen molar-refractivity contribution >= 4 is 12.7 Å². The average Bonchev–Trinajstić information content (AvgIpc) is 2.63. The van der Waals surface area contributed by atoms with Gasteiger partial charge in [-0.25, -0.2) is 10.2 Å². The number of hydrogen-bond donors (Lipinski definition) is 0. The molecule has 0 amide bonds. The van der Waals surface area contributed by atoms with E-state index in [1.54, 1.807) is 22.7 Å². The first-order valence-corrected chi connectivity index (χ1v) is 4.25. The van der Waals surface area contributed by atoms with Gasteiger partial charge in [0.15, 0.2) is 0 Å². The summed E-state index contributed by atoms with van der Waals surface area (Å²) in [5, 5.41) is 11.3. The van der Waals surface area contributed by atoms with E-state index in [-0.39, 0.29) is 22.4 Å². The van der Waals surface area contributed by atoms with E-state index in [1.165, 1.54) is 0 Å². The second-order valence-corrected chi connectivity index (χ2v) is 3.17. The molecule has 0 bridgehead atoms. The Hall–Kier alpha value is -0.720. The van der Waals surface area contributed by atoms with Crippen LogP contribution in [0.1, 0.15) is 0 Å². The molecule has 2 rings (SSSR count). The maximum Gasteiger partial charge on any atom is 0.0800 e. The molecule has 0 spiro atoms. The van der Waals surface area contributed by atoms with Gasteiger partial charge in [0.25, 0.3) is 0 Å². The third kappa shape index (κ3) is 5.66. The van der Waals surface area contributed by atoms with Crippen LogP contribution in [-0.2, 0) is 22.4 Å². The third-order valence-corrected chi connectivity index (χ3v) is 1.53. The van der Waals surface area contributed by atoms with E-state index in [9.17, 15) is 0 Å². The zero-order valence-corrected chi connectivity index (χ0v) is 11.5. The standard InChI is InChI=1S/2C4H8N3.Au/c2*1-6-3-5-7(2)4-6;/h2*3-4H,1-2H3;/q2*-1;. The van der Waals surface area contributed by atoms with Crippen LogP contribution in [0.4, 0.5) is 0 Å². The minimum absolute atomic E-state index is 0. The molecule has 7 heteroatoms. The molecule has 15 heavy (non-hydrogen) atoms. The van der Waals surface area contributed by atoms with Crippen molar-refractivity contribution in [2.45, 2.75) is 0 Å². The van der Waals surface area contributed by atoms with E-state index < -0.39 is 0 Å². The van der Waals surface area contributed by atoms with Gasteiger partial charge in [-0.2, -0.15) is 0 Å². The summed E-state index contributed by atoms with van der Waals surface area (Å²) >= 11 is 0. The SMILES string of the molecule is CN1C=NN(C)[CH-]1.CN1C=NN(C)[CH-]1.[Au]. The Morgan fingerprint density at radius 1 is 0.800 bits per heavy atom. The monoisotopic (exact) mass is 393 g/mol. The van der Waals surface area contributed by atoms with E-state index in [0.29, 0.717) is 0 Å². The minimum Gasteiger partial charge on any atom is -0.494 e. The van der Waals surface area contributed by atoms with E-state index in [1.807, 2.05) is 51.3 Å². The van der Waals surface area contributed by atoms with Gasteiger partial charge in [0.05, 0.1) is 12.7 Å². The topological polar surface area (TPSA) is 37.7 Å². The summed E-state index contributed by atoms with van der Waals surface area (Å²) in [4.78, 5) is 3.78. The van der Waals surface area contributed by atoms with E-state index in [2.05, 4.69) is 10.2 Å². The van der Waals surface area contributed by atoms with Crippen molar-refractivity contribution in [3.05, 3.63) is 13.3 Å². The van der Waals surface area contributed by atoms with Gasteiger partial charge in [-0.15, -0.1) is 13.3 Å². The van der Waals surface area contributed by atoms with Gasteiger partial charge in [0.2, 0.25) is 0 Å². The molecule has 0 unspecified atom stereocenters. The second-order valence-electron chi connectivity index (χ2n) is 3.17. The molecule has 0 aromatic carbocycles. The van der Waals surface area contributed by atoms with Crippen LogP contribution in [0.3, 0.4) is 0 Å². The maximum absolute atomic E-state index is 3.90. The van der Waals surface area contributed by atoms with Crippen LogP contribution >= 0.6 is 0 Å². The van der Waals surface area contributed by atoms with E-state index in [0.717, 1.165) is 0 Å². The summed E-state index contributed by atoms with van der Waals surface area (Å²) in [5.74, 6) is 0. The number of hydrogen-bond acceptors (Lipinski definition) is 6. The predicted octanol–water partition coefficient (Wildman–Crippen LogP) is -0.150. The molecule has 6 nitrogen and oxygen atoms in total. The van der Waals surface area contributed by atoms with Crippen molar-refractivity contribution in [2.24, 2.45) is 10.2 Å². The molecule has 2 aliphatic heterocycles. The first-order chi connectivity index (χ1) is 6.58. The molecule has 0 aromatic rings. The van der Waals surface area contributed by atoms with Crippen LogP contribution in [0.2, 0.25) is 0 Å². The van der Waals surface area contributed by atoms with Crippen molar-refractivity contribution in [1.29, 1.82) is 0 Å². The fraction of sp³-hybridized carbons (Fsp3) is 0.500. The largest absolute Gasteiger partial charge is 0.494 e. The minimum atomic E-state index is 0. The van der Waals surface area contributed by atoms with Crippen molar-refractivity contribution in [3.63, 3.8) is 0 Å². The Kier molecular flexibility index (Phi) is 6.39. The van der Waals surface area contributed by atoms with Crippen molar-refractivity contribution in [1.82, 2.24) is 19.8 Å². The molecule has 0 atom stereocenters. The second kappa shape index (κ2) is 6.71. The molecular weight excluding hydrogens is 377 g/mol. The molecule has 0 N–H and O–H groups in total. The molecular formula is C8H16AuN6-2. The summed E-state index contributed by atoms with van der Waals surface area (Å²) in [7, 11) is 7.65. The normalized spacial score (nSPS) is 17.9. The summed E-state index contributed by atoms with van der Waals surface area (Å²) in [6.07, 6.45) is 3.50. The first-order valence-electron chi connectivity index (χ1n) is 4.25. The number of rotatable bonds is 0. The fourth-order valence-electron chi connectivity index (χ4n) is 0.972. The Morgan fingerprint density at radius 3 is 1.20 bits per heavy atom. The third-order valence-electron chi connectivity index (χ3n) is 1.53. The molecule has 1 radical (unpaired) electrons. The Bertz CT molecular complexity index is 187. The van der Waals surface area contributed by atoms with Crippen LogP contribution in [0, 0.1) is 13.3 Å². The van der Waals surface area contributed by atoms with Crippen LogP contribution in [0.25, 0.3) is 0 Å². The van der Waals surface area contributed by atoms with Gasteiger partial charge in [-0.3, -0.25) is 0 Å². The van der Waals surface area contributed by atoms with Gasteiger partial charge in [-0.1, -0.05) is 0 Å². The molecule has 0 aromatic heterocycles. The molecule has 0 saturated carbocycles. The Morgan fingerprint density at radius 2 is 1.13 bits per heavy atom. The van der Waals surface area contributed by atoms with Gasteiger partial charge >= 0.3 is 0 Å². The molecule has 0 fully saturated rings. The number of nitrogens with zero attached hydrogens (tertiary/aromatic N) is 6.